The van der Waals surface area contributed by atoms with Gasteiger partial charge >= 0.3 is 11.9 Å². The first-order chi connectivity index (χ1) is 9.45. The van der Waals surface area contributed by atoms with Crippen LogP contribution in [0.4, 0.5) is 5.69 Å². The zero-order valence-electron chi connectivity index (χ0n) is 11.0. The fourth-order valence-corrected chi connectivity index (χ4v) is 1.51. The van der Waals surface area contributed by atoms with E-state index in [-0.39, 0.29) is 13.0 Å². The van der Waals surface area contributed by atoms with Crippen molar-refractivity contribution in [3.05, 3.63) is 29.8 Å². The number of carboxylic acid groups (broad SMARTS) is 1. The van der Waals surface area contributed by atoms with Crippen LogP contribution in [0.25, 0.3) is 0 Å². The van der Waals surface area contributed by atoms with Crippen molar-refractivity contribution in [3.63, 3.8) is 0 Å². The molecule has 0 aromatic heterocycles. The Kier molecular flexibility index (Phi) is 5.67. The van der Waals surface area contributed by atoms with Gasteiger partial charge in [0.1, 0.15) is 0 Å². The number of amides is 1. The highest BCUT2D eigenvalue weighted by Gasteiger charge is 2.24. The van der Waals surface area contributed by atoms with Crippen molar-refractivity contribution in [2.24, 2.45) is 5.73 Å². The molecule has 0 bridgehead atoms. The van der Waals surface area contributed by atoms with Crippen molar-refractivity contribution in [3.8, 4) is 0 Å². The molecule has 0 aliphatic heterocycles. The minimum atomic E-state index is -1.45. The number of nitrogens with two attached hydrogens (primary N) is 1. The van der Waals surface area contributed by atoms with Gasteiger partial charge in [0.05, 0.1) is 13.0 Å². The third-order valence-electron chi connectivity index (χ3n) is 2.44. The predicted molar refractivity (Wildman–Crippen MR) is 71.0 cm³/mol. The molecule has 1 unspecified atom stereocenters. The molecule has 1 atom stereocenters. The molecular formula is C13H16N2O5. The van der Waals surface area contributed by atoms with Gasteiger partial charge in [0.2, 0.25) is 0 Å². The van der Waals surface area contributed by atoms with Crippen LogP contribution in [0, 0.1) is 0 Å². The third-order valence-corrected chi connectivity index (χ3v) is 2.44. The lowest BCUT2D eigenvalue weighted by atomic mass is 10.1. The summed E-state index contributed by atoms with van der Waals surface area (Å²) < 4.78 is 4.64. The van der Waals surface area contributed by atoms with Crippen molar-refractivity contribution in [2.45, 2.75) is 19.4 Å². The Morgan fingerprint density at radius 1 is 1.35 bits per heavy atom. The lowest BCUT2D eigenvalue weighted by molar-refractivity contribution is -0.147. The molecule has 0 saturated carbocycles. The summed E-state index contributed by atoms with van der Waals surface area (Å²) in [7, 11) is 0. The molecule has 1 amide bonds. The maximum Gasteiger partial charge on any atom is 0.332 e. The van der Waals surface area contributed by atoms with Gasteiger partial charge in [0.25, 0.3) is 5.91 Å². The number of para-hydroxylation sites is 1. The van der Waals surface area contributed by atoms with Gasteiger partial charge in [-0.05, 0) is 18.6 Å². The Labute approximate surface area is 115 Å². The fraction of sp³-hybridized carbons (Fsp3) is 0.308. The molecule has 0 heterocycles. The number of rotatable bonds is 6. The van der Waals surface area contributed by atoms with Crippen molar-refractivity contribution >= 4 is 23.5 Å². The van der Waals surface area contributed by atoms with Gasteiger partial charge in [-0.15, -0.1) is 0 Å². The molecule has 0 aliphatic carbocycles. The summed E-state index contributed by atoms with van der Waals surface area (Å²) in [6.45, 7) is 1.72. The molecule has 108 valence electrons. The molecule has 4 N–H and O–H groups in total. The minimum Gasteiger partial charge on any atom is -0.481 e. The van der Waals surface area contributed by atoms with Gasteiger partial charge in [-0.2, -0.15) is 0 Å². The second-order valence-electron chi connectivity index (χ2n) is 3.95. The smallest absolute Gasteiger partial charge is 0.332 e. The largest absolute Gasteiger partial charge is 0.481 e. The van der Waals surface area contributed by atoms with Crippen LogP contribution in [-0.2, 0) is 25.5 Å². The Morgan fingerprint density at radius 2 is 2.00 bits per heavy atom. The Bertz CT molecular complexity index is 515. The second-order valence-corrected chi connectivity index (χ2v) is 3.95. The fourth-order valence-electron chi connectivity index (χ4n) is 1.51. The molecule has 0 aliphatic rings. The number of carboxylic acids is 1. The first-order valence-corrected chi connectivity index (χ1v) is 5.98. The molecule has 1 aromatic carbocycles. The predicted octanol–water partition coefficient (Wildman–Crippen LogP) is 0.143. The SMILES string of the molecule is CCOC(=O)C(N)C(=O)Nc1ccccc1CC(=O)O. The van der Waals surface area contributed by atoms with E-state index in [0.717, 1.165) is 0 Å². The Morgan fingerprint density at radius 3 is 2.60 bits per heavy atom. The molecule has 1 aromatic rings. The number of hydrogen-bond acceptors (Lipinski definition) is 5. The molecule has 0 spiro atoms. The Balaban J connectivity index is 2.80. The molecule has 0 fully saturated rings. The molecule has 20 heavy (non-hydrogen) atoms. The van der Waals surface area contributed by atoms with Crippen molar-refractivity contribution in [1.29, 1.82) is 0 Å². The third kappa shape index (κ3) is 4.36. The van der Waals surface area contributed by atoms with Gasteiger partial charge < -0.3 is 20.9 Å². The number of esters is 1. The summed E-state index contributed by atoms with van der Waals surface area (Å²) in [6.07, 6.45) is -0.245. The van der Waals surface area contributed by atoms with E-state index >= 15 is 0 Å². The molecule has 0 saturated heterocycles. The first kappa shape index (κ1) is 15.6. The molecule has 7 nitrogen and oxygen atoms in total. The van der Waals surface area contributed by atoms with Crippen LogP contribution in [0.5, 0.6) is 0 Å². The number of nitrogens with one attached hydrogen (secondary N) is 1. The van der Waals surface area contributed by atoms with E-state index in [1.54, 1.807) is 25.1 Å². The molecule has 1 rings (SSSR count). The number of carbonyl (C=O) groups is 3. The number of ether oxygens (including phenoxy) is 1. The lowest BCUT2D eigenvalue weighted by Gasteiger charge is -2.13. The highest BCUT2D eigenvalue weighted by molar-refractivity contribution is 6.08. The number of benzene rings is 1. The van der Waals surface area contributed by atoms with Crippen molar-refractivity contribution in [1.82, 2.24) is 0 Å². The zero-order chi connectivity index (χ0) is 15.1. The minimum absolute atomic E-state index is 0.120. The summed E-state index contributed by atoms with van der Waals surface area (Å²) in [6, 6.07) is 4.94. The van der Waals surface area contributed by atoms with Crippen LogP contribution in [0.15, 0.2) is 24.3 Å². The van der Waals surface area contributed by atoms with E-state index in [4.69, 9.17) is 10.8 Å². The van der Waals surface area contributed by atoms with Crippen LogP contribution in [0.2, 0.25) is 0 Å². The van der Waals surface area contributed by atoms with Gasteiger partial charge in [-0.1, -0.05) is 18.2 Å². The van der Waals surface area contributed by atoms with E-state index < -0.39 is 23.9 Å². The van der Waals surface area contributed by atoms with E-state index in [1.165, 1.54) is 6.07 Å². The highest BCUT2D eigenvalue weighted by Crippen LogP contribution is 2.15. The number of aliphatic carboxylic acids is 1. The average molecular weight is 280 g/mol. The van der Waals surface area contributed by atoms with E-state index in [2.05, 4.69) is 10.1 Å². The van der Waals surface area contributed by atoms with Gasteiger partial charge in [-0.3, -0.25) is 9.59 Å². The molecular weight excluding hydrogens is 264 g/mol. The van der Waals surface area contributed by atoms with Crippen LogP contribution in [-0.4, -0.2) is 35.6 Å². The van der Waals surface area contributed by atoms with E-state index in [9.17, 15) is 14.4 Å². The summed E-state index contributed by atoms with van der Waals surface area (Å²) in [5, 5.41) is 11.2. The number of hydrogen-bond donors (Lipinski definition) is 3. The van der Waals surface area contributed by atoms with E-state index in [0.29, 0.717) is 11.3 Å². The quantitative estimate of drug-likeness (QED) is 0.504. The van der Waals surface area contributed by atoms with Crippen molar-refractivity contribution in [2.75, 3.05) is 11.9 Å². The number of anilines is 1. The van der Waals surface area contributed by atoms with Crippen LogP contribution in [0.3, 0.4) is 0 Å². The standard InChI is InChI=1S/C13H16N2O5/c1-2-20-13(19)11(14)12(18)15-9-6-4-3-5-8(9)7-10(16)17/h3-6,11H,2,7,14H2,1H3,(H,15,18)(H,16,17). The van der Waals surface area contributed by atoms with Crippen LogP contribution in [0.1, 0.15) is 12.5 Å². The van der Waals surface area contributed by atoms with Crippen molar-refractivity contribution < 1.29 is 24.2 Å². The Hall–Kier alpha value is -2.41. The highest BCUT2D eigenvalue weighted by atomic mass is 16.5. The maximum absolute atomic E-state index is 11.8. The monoisotopic (exact) mass is 280 g/mol. The second kappa shape index (κ2) is 7.25. The number of carbonyl (C=O) groups excluding carboxylic acids is 2. The molecule has 0 radical (unpaired) electrons. The summed E-state index contributed by atoms with van der Waals surface area (Å²) in [4.78, 5) is 33.8. The summed E-state index contributed by atoms with van der Waals surface area (Å²) in [5.74, 6) is -2.61. The van der Waals surface area contributed by atoms with E-state index in [1.807, 2.05) is 0 Å². The molecule has 7 heteroatoms. The topological polar surface area (TPSA) is 119 Å². The van der Waals surface area contributed by atoms with Crippen LogP contribution < -0.4 is 11.1 Å². The maximum atomic E-state index is 11.8. The summed E-state index contributed by atoms with van der Waals surface area (Å²) in [5.41, 5.74) is 6.17. The van der Waals surface area contributed by atoms with Gasteiger partial charge in [0, 0.05) is 5.69 Å². The van der Waals surface area contributed by atoms with Gasteiger partial charge in [-0.25, -0.2) is 4.79 Å². The average Bonchev–Trinajstić information content (AvgIpc) is 2.39. The first-order valence-electron chi connectivity index (χ1n) is 5.98. The normalized spacial score (nSPS) is 11.5. The van der Waals surface area contributed by atoms with Gasteiger partial charge in [0.15, 0.2) is 6.04 Å². The zero-order valence-corrected chi connectivity index (χ0v) is 11.0. The summed E-state index contributed by atoms with van der Waals surface area (Å²) >= 11 is 0. The van der Waals surface area contributed by atoms with Crippen LogP contribution >= 0.6 is 0 Å². The lowest BCUT2D eigenvalue weighted by Crippen LogP contribution is -2.43.